The molecule has 1 heteroatoms. The predicted octanol–water partition coefficient (Wildman–Crippen LogP) is 11.2. The van der Waals surface area contributed by atoms with E-state index in [1.54, 1.807) is 0 Å². The lowest BCUT2D eigenvalue weighted by molar-refractivity contribution is 0.754. The first-order valence-corrected chi connectivity index (χ1v) is 15.3. The highest BCUT2D eigenvalue weighted by Gasteiger charge is 2.52. The Balaban J connectivity index is 1.40. The van der Waals surface area contributed by atoms with Gasteiger partial charge in [0.2, 0.25) is 0 Å². The quantitative estimate of drug-likeness (QED) is 0.208. The van der Waals surface area contributed by atoms with Crippen LogP contribution in [0.15, 0.2) is 176 Å². The van der Waals surface area contributed by atoms with Crippen molar-refractivity contribution in [2.24, 2.45) is 0 Å². The average Bonchev–Trinajstić information content (AvgIpc) is 3.40. The van der Waals surface area contributed by atoms with Crippen LogP contribution in [-0.4, -0.2) is 0 Å². The van der Waals surface area contributed by atoms with Gasteiger partial charge in [0.25, 0.3) is 0 Å². The van der Waals surface area contributed by atoms with Crippen LogP contribution < -0.4 is 4.90 Å². The van der Waals surface area contributed by atoms with Gasteiger partial charge in [-0.05, 0) is 86.0 Å². The second-order valence-corrected chi connectivity index (χ2v) is 11.7. The smallest absolute Gasteiger partial charge is 0.0760 e. The van der Waals surface area contributed by atoms with Crippen molar-refractivity contribution in [3.63, 3.8) is 0 Å². The van der Waals surface area contributed by atoms with E-state index in [0.29, 0.717) is 0 Å². The van der Waals surface area contributed by atoms with Crippen LogP contribution in [0.5, 0.6) is 0 Å². The van der Waals surface area contributed by atoms with E-state index in [2.05, 4.69) is 181 Å². The van der Waals surface area contributed by atoms with Gasteiger partial charge in [0.1, 0.15) is 0 Å². The van der Waals surface area contributed by atoms with Crippen LogP contribution in [0.4, 0.5) is 17.1 Å². The van der Waals surface area contributed by atoms with Crippen LogP contribution in [0, 0.1) is 0 Å². The minimum absolute atomic E-state index is 0.482. The molecule has 0 N–H and O–H groups in total. The third-order valence-electron chi connectivity index (χ3n) is 9.45. The highest BCUT2D eigenvalue weighted by molar-refractivity contribution is 5.99. The summed E-state index contributed by atoms with van der Waals surface area (Å²) in [6.45, 7) is 0. The van der Waals surface area contributed by atoms with Crippen molar-refractivity contribution in [1.82, 2.24) is 0 Å². The molecule has 1 aliphatic heterocycles. The molecule has 0 unspecified atom stereocenters. The SMILES string of the molecule is c1ccc(-c2cccc(-c3cccc4c3C3(c5ccccc5-4)c4ccccc4N(c4ccccc4)c4ccccc43)c2)cc1. The molecule has 0 saturated carbocycles. The summed E-state index contributed by atoms with van der Waals surface area (Å²) < 4.78 is 0. The predicted molar refractivity (Wildman–Crippen MR) is 183 cm³/mol. The van der Waals surface area contributed by atoms with E-state index in [1.807, 2.05) is 0 Å². The molecule has 0 aromatic heterocycles. The van der Waals surface area contributed by atoms with E-state index in [1.165, 1.54) is 67.0 Å². The third kappa shape index (κ3) is 3.41. The Morgan fingerprint density at radius 3 is 1.57 bits per heavy atom. The van der Waals surface area contributed by atoms with E-state index in [0.717, 1.165) is 5.69 Å². The standard InChI is InChI=1S/C43H29N/c1-3-15-30(16-4-1)31-17-13-18-32(29-31)34-22-14-23-36-35-21-7-8-24-37(35)43(42(34)36)38-25-9-11-27-40(38)44(33-19-5-2-6-20-33)41-28-12-10-26-39(41)43/h1-29H. The Morgan fingerprint density at radius 1 is 0.341 bits per heavy atom. The van der Waals surface area contributed by atoms with Gasteiger partial charge in [-0.15, -0.1) is 0 Å². The Labute approximate surface area is 258 Å². The van der Waals surface area contributed by atoms with Gasteiger partial charge in [-0.3, -0.25) is 0 Å². The Morgan fingerprint density at radius 2 is 0.841 bits per heavy atom. The van der Waals surface area contributed by atoms with Gasteiger partial charge >= 0.3 is 0 Å². The highest BCUT2D eigenvalue weighted by Crippen LogP contribution is 2.64. The molecular weight excluding hydrogens is 530 g/mol. The maximum absolute atomic E-state index is 2.44. The summed E-state index contributed by atoms with van der Waals surface area (Å²) in [6, 6.07) is 64.5. The van der Waals surface area contributed by atoms with Crippen LogP contribution in [0.2, 0.25) is 0 Å². The molecule has 0 radical (unpaired) electrons. The lowest BCUT2D eigenvalue weighted by atomic mass is 9.63. The number of nitrogens with zero attached hydrogens (tertiary/aromatic N) is 1. The molecular formula is C43H29N. The molecule has 1 aliphatic carbocycles. The lowest BCUT2D eigenvalue weighted by Crippen LogP contribution is -2.36. The maximum atomic E-state index is 2.44. The number of hydrogen-bond acceptors (Lipinski definition) is 1. The fourth-order valence-electron chi connectivity index (χ4n) is 7.76. The Hall–Kier alpha value is -5.66. The van der Waals surface area contributed by atoms with Gasteiger partial charge in [0.15, 0.2) is 0 Å². The van der Waals surface area contributed by atoms with Crippen molar-refractivity contribution in [1.29, 1.82) is 0 Å². The average molecular weight is 560 g/mol. The van der Waals surface area contributed by atoms with Gasteiger partial charge in [0.05, 0.1) is 16.8 Å². The van der Waals surface area contributed by atoms with E-state index in [4.69, 9.17) is 0 Å². The van der Waals surface area contributed by atoms with E-state index in [-0.39, 0.29) is 0 Å². The molecule has 0 amide bonds. The minimum Gasteiger partial charge on any atom is -0.310 e. The third-order valence-corrected chi connectivity index (χ3v) is 9.45. The minimum atomic E-state index is -0.482. The first-order chi connectivity index (χ1) is 21.9. The molecule has 9 rings (SSSR count). The highest BCUT2D eigenvalue weighted by atomic mass is 15.2. The van der Waals surface area contributed by atoms with Gasteiger partial charge in [0, 0.05) is 5.69 Å². The Kier molecular flexibility index (Phi) is 5.48. The summed E-state index contributed by atoms with van der Waals surface area (Å²) in [6.07, 6.45) is 0. The van der Waals surface area contributed by atoms with Crippen LogP contribution in [0.3, 0.4) is 0 Å². The van der Waals surface area contributed by atoms with Crippen LogP contribution in [0.25, 0.3) is 33.4 Å². The Bertz CT molecular complexity index is 2130. The molecule has 7 aromatic carbocycles. The number of hydrogen-bond donors (Lipinski definition) is 0. The van der Waals surface area contributed by atoms with Crippen LogP contribution in [-0.2, 0) is 5.41 Å². The summed E-state index contributed by atoms with van der Waals surface area (Å²) >= 11 is 0. The molecule has 1 spiro atoms. The van der Waals surface area contributed by atoms with Gasteiger partial charge < -0.3 is 4.90 Å². The van der Waals surface area contributed by atoms with E-state index < -0.39 is 5.41 Å². The number of anilines is 3. The van der Waals surface area contributed by atoms with Crippen molar-refractivity contribution >= 4 is 17.1 Å². The zero-order chi connectivity index (χ0) is 29.1. The summed E-state index contributed by atoms with van der Waals surface area (Å²) in [7, 11) is 0. The molecule has 0 atom stereocenters. The van der Waals surface area contributed by atoms with Gasteiger partial charge in [-0.2, -0.15) is 0 Å². The normalized spacial score (nSPS) is 13.6. The molecule has 1 nitrogen and oxygen atoms in total. The summed E-state index contributed by atoms with van der Waals surface area (Å²) in [5.41, 5.74) is 16.0. The monoisotopic (exact) mass is 559 g/mol. The molecule has 44 heavy (non-hydrogen) atoms. The molecule has 1 heterocycles. The van der Waals surface area contributed by atoms with Crippen LogP contribution in [0.1, 0.15) is 22.3 Å². The van der Waals surface area contributed by atoms with E-state index in [9.17, 15) is 0 Å². The molecule has 206 valence electrons. The maximum Gasteiger partial charge on any atom is 0.0760 e. The van der Waals surface area contributed by atoms with Crippen molar-refractivity contribution < 1.29 is 0 Å². The molecule has 0 saturated heterocycles. The van der Waals surface area contributed by atoms with Gasteiger partial charge in [-0.1, -0.05) is 146 Å². The van der Waals surface area contributed by atoms with Gasteiger partial charge in [-0.25, -0.2) is 0 Å². The molecule has 0 fully saturated rings. The van der Waals surface area contributed by atoms with Crippen molar-refractivity contribution in [2.75, 3.05) is 4.90 Å². The largest absolute Gasteiger partial charge is 0.310 e. The summed E-state index contributed by atoms with van der Waals surface area (Å²) in [4.78, 5) is 2.44. The van der Waals surface area contributed by atoms with Crippen molar-refractivity contribution in [2.45, 2.75) is 5.41 Å². The van der Waals surface area contributed by atoms with Crippen molar-refractivity contribution in [3.8, 4) is 33.4 Å². The number of rotatable bonds is 3. The first-order valence-electron chi connectivity index (χ1n) is 15.3. The number of para-hydroxylation sites is 3. The van der Waals surface area contributed by atoms with E-state index >= 15 is 0 Å². The second kappa shape index (κ2) is 9.69. The number of benzene rings is 7. The molecule has 2 aliphatic rings. The number of fused-ring (bicyclic) bond motifs is 9. The zero-order valence-corrected chi connectivity index (χ0v) is 24.2. The fraction of sp³-hybridized carbons (Fsp3) is 0.0233. The fourth-order valence-corrected chi connectivity index (χ4v) is 7.76. The first kappa shape index (κ1) is 24.9. The molecule has 7 aromatic rings. The zero-order valence-electron chi connectivity index (χ0n) is 24.2. The van der Waals surface area contributed by atoms with Crippen molar-refractivity contribution in [3.05, 3.63) is 198 Å². The molecule has 0 bridgehead atoms. The summed E-state index contributed by atoms with van der Waals surface area (Å²) in [5.74, 6) is 0. The lowest BCUT2D eigenvalue weighted by Gasteiger charge is -2.45. The topological polar surface area (TPSA) is 3.24 Å². The second-order valence-electron chi connectivity index (χ2n) is 11.7. The summed E-state index contributed by atoms with van der Waals surface area (Å²) in [5, 5.41) is 0. The van der Waals surface area contributed by atoms with Crippen LogP contribution >= 0.6 is 0 Å².